The Kier molecular flexibility index (Phi) is 6.71. The van der Waals surface area contributed by atoms with Crippen molar-refractivity contribution in [3.05, 3.63) is 102 Å². The summed E-state index contributed by atoms with van der Waals surface area (Å²) in [4.78, 5) is 21.0. The third-order valence-electron chi connectivity index (χ3n) is 8.01. The monoisotopic (exact) mass is 508 g/mol. The number of nitrogens with one attached hydrogen (secondary N) is 1. The molecule has 4 aromatic rings. The van der Waals surface area contributed by atoms with Crippen LogP contribution in [-0.2, 0) is 17.9 Å². The molecule has 1 atom stereocenters. The highest BCUT2D eigenvalue weighted by Gasteiger charge is 2.36. The molecule has 2 aliphatic rings. The number of benzene rings is 3. The second kappa shape index (κ2) is 10.4. The zero-order valence-corrected chi connectivity index (χ0v) is 21.7. The Labute approximate surface area is 223 Å². The molecule has 1 saturated carbocycles. The van der Waals surface area contributed by atoms with Crippen LogP contribution in [0.25, 0.3) is 11.3 Å². The number of rotatable bonds is 6. The largest absolute Gasteiger partial charge is 0.340 e. The third kappa shape index (κ3) is 4.83. The van der Waals surface area contributed by atoms with Gasteiger partial charge in [-0.3, -0.25) is 4.79 Å². The number of anilines is 2. The molecule has 1 aromatic heterocycles. The van der Waals surface area contributed by atoms with Gasteiger partial charge in [-0.25, -0.2) is 9.37 Å². The molecule has 0 radical (unpaired) electrons. The number of halogens is 1. The molecule has 1 aliphatic heterocycles. The minimum Gasteiger partial charge on any atom is -0.340 e. The van der Waals surface area contributed by atoms with Gasteiger partial charge in [0.15, 0.2) is 0 Å². The highest BCUT2D eigenvalue weighted by Crippen LogP contribution is 2.40. The molecule has 3 aromatic carbocycles. The van der Waals surface area contributed by atoms with Gasteiger partial charge in [0, 0.05) is 24.3 Å². The van der Waals surface area contributed by atoms with Crippen LogP contribution < -0.4 is 5.32 Å². The number of fused-ring (bicyclic) bond motifs is 1. The number of carbonyl (C=O) groups is 1. The van der Waals surface area contributed by atoms with E-state index < -0.39 is 0 Å². The Morgan fingerprint density at radius 1 is 0.947 bits per heavy atom. The van der Waals surface area contributed by atoms with E-state index >= 15 is 0 Å². The number of aromatic nitrogens is 2. The molecule has 0 bridgehead atoms. The van der Waals surface area contributed by atoms with E-state index in [4.69, 9.17) is 4.98 Å². The molecule has 1 fully saturated rings. The van der Waals surface area contributed by atoms with E-state index in [0.29, 0.717) is 25.6 Å². The molecule has 1 unspecified atom stereocenters. The van der Waals surface area contributed by atoms with Gasteiger partial charge in [0.05, 0.1) is 12.5 Å². The van der Waals surface area contributed by atoms with E-state index in [1.54, 1.807) is 12.1 Å². The maximum Gasteiger partial charge on any atom is 0.230 e. The Morgan fingerprint density at radius 2 is 1.66 bits per heavy atom. The average molecular weight is 509 g/mol. The zero-order valence-electron chi connectivity index (χ0n) is 21.7. The Hall–Kier alpha value is -3.93. The topological polar surface area (TPSA) is 50.2 Å². The molecule has 0 saturated heterocycles. The van der Waals surface area contributed by atoms with Crippen molar-refractivity contribution in [1.29, 1.82) is 0 Å². The number of hydrogen-bond donors (Lipinski definition) is 1. The second-order valence-corrected chi connectivity index (χ2v) is 10.6. The summed E-state index contributed by atoms with van der Waals surface area (Å²) in [6.07, 6.45) is 4.60. The third-order valence-corrected chi connectivity index (χ3v) is 8.01. The number of aryl methyl sites for hydroxylation is 1. The summed E-state index contributed by atoms with van der Waals surface area (Å²) in [5.74, 6) is 1.92. The van der Waals surface area contributed by atoms with Crippen LogP contribution in [0.3, 0.4) is 0 Å². The van der Waals surface area contributed by atoms with Gasteiger partial charge < -0.3 is 14.8 Å². The first-order valence-electron chi connectivity index (χ1n) is 13.6. The van der Waals surface area contributed by atoms with Gasteiger partial charge in [0.25, 0.3) is 0 Å². The van der Waals surface area contributed by atoms with E-state index in [9.17, 15) is 9.18 Å². The number of amides is 1. The molecule has 1 N–H and O–H groups in total. The van der Waals surface area contributed by atoms with E-state index in [0.717, 1.165) is 47.0 Å². The Morgan fingerprint density at radius 3 is 2.37 bits per heavy atom. The lowest BCUT2D eigenvalue weighted by Gasteiger charge is -2.33. The van der Waals surface area contributed by atoms with Crippen LogP contribution >= 0.6 is 0 Å². The van der Waals surface area contributed by atoms with Crippen molar-refractivity contribution < 1.29 is 9.18 Å². The molecule has 5 nitrogen and oxygen atoms in total. The summed E-state index contributed by atoms with van der Waals surface area (Å²) in [5.41, 5.74) is 4.88. The molecule has 6 heteroatoms. The van der Waals surface area contributed by atoms with E-state index in [1.165, 1.54) is 30.5 Å². The predicted octanol–water partition coefficient (Wildman–Crippen LogP) is 7.06. The molecular formula is C32H33FN4O. The minimum absolute atomic E-state index is 0.109. The van der Waals surface area contributed by atoms with Crippen LogP contribution in [0.5, 0.6) is 0 Å². The lowest BCUT2D eigenvalue weighted by atomic mass is 9.83. The zero-order chi connectivity index (χ0) is 26.1. The van der Waals surface area contributed by atoms with Crippen LogP contribution in [0.1, 0.15) is 48.6 Å². The van der Waals surface area contributed by atoms with Crippen LogP contribution in [0, 0.1) is 18.7 Å². The fraction of sp³-hybridized carbons (Fsp3) is 0.312. The summed E-state index contributed by atoms with van der Waals surface area (Å²) in [6.45, 7) is 3.80. The lowest BCUT2D eigenvalue weighted by Crippen LogP contribution is -2.42. The van der Waals surface area contributed by atoms with Gasteiger partial charge in [0.1, 0.15) is 23.2 Å². The van der Waals surface area contributed by atoms with Crippen molar-refractivity contribution in [1.82, 2.24) is 14.5 Å². The Bertz CT molecular complexity index is 1410. The summed E-state index contributed by atoms with van der Waals surface area (Å²) in [6, 6.07) is 25.0. The first kappa shape index (κ1) is 24.4. The number of carbonyl (C=O) groups excluding carboxylic acids is 1. The first-order valence-corrected chi connectivity index (χ1v) is 13.6. The van der Waals surface area contributed by atoms with Crippen LogP contribution in [0.2, 0.25) is 0 Å². The first-order chi connectivity index (χ1) is 18.6. The van der Waals surface area contributed by atoms with E-state index in [-0.39, 0.29) is 17.6 Å². The molecule has 1 aliphatic carbocycles. The van der Waals surface area contributed by atoms with Crippen molar-refractivity contribution in [2.75, 3.05) is 11.9 Å². The lowest BCUT2D eigenvalue weighted by molar-refractivity contribution is -0.135. The van der Waals surface area contributed by atoms with Gasteiger partial charge in [-0.2, -0.15) is 0 Å². The summed E-state index contributed by atoms with van der Waals surface area (Å²) in [7, 11) is 0. The Balaban J connectivity index is 1.33. The maximum atomic E-state index is 14.0. The molecule has 2 heterocycles. The normalized spacial score (nSPS) is 16.3. The summed E-state index contributed by atoms with van der Waals surface area (Å²) < 4.78 is 15.9. The molecule has 194 valence electrons. The highest BCUT2D eigenvalue weighted by molar-refractivity contribution is 5.84. The van der Waals surface area contributed by atoms with E-state index in [1.807, 2.05) is 23.1 Å². The van der Waals surface area contributed by atoms with Gasteiger partial charge in [0.2, 0.25) is 5.91 Å². The van der Waals surface area contributed by atoms with Crippen molar-refractivity contribution in [2.45, 2.75) is 51.6 Å². The molecule has 0 spiro atoms. The predicted molar refractivity (Wildman–Crippen MR) is 149 cm³/mol. The molecular weight excluding hydrogens is 475 g/mol. The number of nitrogens with zero attached hydrogens (tertiary/aromatic N) is 3. The molecule has 38 heavy (non-hydrogen) atoms. The van der Waals surface area contributed by atoms with Crippen LogP contribution in [0.15, 0.2) is 78.9 Å². The SMILES string of the molecule is Cc1ccc(Nc2c(-c3ccc(F)cc3)nc3n2CCN(C(=O)C(c2ccccc2)C2CCCC2)C3)cc1. The summed E-state index contributed by atoms with van der Waals surface area (Å²) in [5, 5.41) is 3.56. The fourth-order valence-electron chi connectivity index (χ4n) is 5.99. The minimum atomic E-state index is -0.276. The van der Waals surface area contributed by atoms with Gasteiger partial charge in [-0.15, -0.1) is 0 Å². The quantitative estimate of drug-likeness (QED) is 0.303. The molecule has 1 amide bonds. The molecule has 6 rings (SSSR count). The van der Waals surface area contributed by atoms with Crippen LogP contribution in [0.4, 0.5) is 15.9 Å². The second-order valence-electron chi connectivity index (χ2n) is 10.6. The smallest absolute Gasteiger partial charge is 0.230 e. The van der Waals surface area contributed by atoms with Gasteiger partial charge >= 0.3 is 0 Å². The summed E-state index contributed by atoms with van der Waals surface area (Å²) >= 11 is 0. The highest BCUT2D eigenvalue weighted by atomic mass is 19.1. The maximum absolute atomic E-state index is 14.0. The number of imidazole rings is 1. The van der Waals surface area contributed by atoms with Crippen LogP contribution in [-0.4, -0.2) is 26.9 Å². The van der Waals surface area contributed by atoms with Crippen molar-refractivity contribution in [3.8, 4) is 11.3 Å². The van der Waals surface area contributed by atoms with Crippen molar-refractivity contribution >= 4 is 17.4 Å². The van der Waals surface area contributed by atoms with Crippen molar-refractivity contribution in [3.63, 3.8) is 0 Å². The van der Waals surface area contributed by atoms with Gasteiger partial charge in [-0.1, -0.05) is 60.9 Å². The van der Waals surface area contributed by atoms with E-state index in [2.05, 4.69) is 53.2 Å². The average Bonchev–Trinajstić information content (AvgIpc) is 3.59. The van der Waals surface area contributed by atoms with Gasteiger partial charge in [-0.05, 0) is 67.6 Å². The fourth-order valence-corrected chi connectivity index (χ4v) is 5.99. The number of hydrogen-bond acceptors (Lipinski definition) is 3. The van der Waals surface area contributed by atoms with Crippen molar-refractivity contribution in [2.24, 2.45) is 5.92 Å². The standard InChI is InChI=1S/C32H33FN4O/c1-22-11-17-27(18-12-22)34-31-30(25-13-15-26(33)16-14-25)35-28-21-36(19-20-37(28)31)32(38)29(24-9-5-6-10-24)23-7-3-2-4-8-23/h2-4,7-8,11-18,24,29,34H,5-6,9-10,19-21H2,1H3.